The van der Waals surface area contributed by atoms with Gasteiger partial charge in [0.2, 0.25) is 0 Å². The second-order valence-electron chi connectivity index (χ2n) is 4.35. The van der Waals surface area contributed by atoms with E-state index in [0.717, 1.165) is 28.3 Å². The summed E-state index contributed by atoms with van der Waals surface area (Å²) in [6.45, 7) is 3.05. The topological polar surface area (TPSA) is 56.5 Å². The third-order valence-electron chi connectivity index (χ3n) is 3.15. The van der Waals surface area contributed by atoms with Crippen LogP contribution in [0.5, 0.6) is 5.75 Å². The summed E-state index contributed by atoms with van der Waals surface area (Å²) in [5.41, 5.74) is 3.85. The van der Waals surface area contributed by atoms with E-state index in [1.807, 2.05) is 29.7 Å². The molecule has 0 aliphatic carbocycles. The van der Waals surface area contributed by atoms with Gasteiger partial charge in [-0.25, -0.2) is 4.98 Å². The number of aromatic nitrogens is 2. The van der Waals surface area contributed by atoms with E-state index in [0.29, 0.717) is 13.2 Å². The third kappa shape index (κ3) is 1.87. The van der Waals surface area contributed by atoms with Gasteiger partial charge in [0.15, 0.2) is 5.75 Å². The Morgan fingerprint density at radius 2 is 2.33 bits per heavy atom. The van der Waals surface area contributed by atoms with Crippen LogP contribution in [0.1, 0.15) is 22.5 Å². The fourth-order valence-electron chi connectivity index (χ4n) is 2.10. The Balaban J connectivity index is 1.88. The molecule has 0 amide bonds. The molecule has 0 radical (unpaired) electrons. The molecule has 2 aromatic rings. The first kappa shape index (κ1) is 11.3. The Kier molecular flexibility index (Phi) is 2.77. The smallest absolute Gasteiger partial charge is 0.171 e. The highest BCUT2D eigenvalue weighted by atomic mass is 17.2. The van der Waals surface area contributed by atoms with Gasteiger partial charge in [-0.1, -0.05) is 12.1 Å². The summed E-state index contributed by atoms with van der Waals surface area (Å²) in [5.74, 6) is 0.773. The second-order valence-corrected chi connectivity index (χ2v) is 4.35. The summed E-state index contributed by atoms with van der Waals surface area (Å²) in [7, 11) is 0. The molecule has 0 fully saturated rings. The van der Waals surface area contributed by atoms with E-state index in [-0.39, 0.29) is 6.61 Å². The first-order chi connectivity index (χ1) is 8.78. The van der Waals surface area contributed by atoms with Gasteiger partial charge >= 0.3 is 0 Å². The molecular weight excluding hydrogens is 232 g/mol. The van der Waals surface area contributed by atoms with E-state index in [1.54, 1.807) is 6.33 Å². The summed E-state index contributed by atoms with van der Waals surface area (Å²) in [6, 6.07) is 5.99. The number of imidazole rings is 1. The molecule has 0 saturated heterocycles. The van der Waals surface area contributed by atoms with Crippen molar-refractivity contribution in [3.05, 3.63) is 47.0 Å². The van der Waals surface area contributed by atoms with Crippen LogP contribution in [0.25, 0.3) is 0 Å². The fraction of sp³-hybridized carbons (Fsp3) is 0.308. The summed E-state index contributed by atoms with van der Waals surface area (Å²) >= 11 is 0. The van der Waals surface area contributed by atoms with E-state index in [2.05, 4.69) is 4.98 Å². The van der Waals surface area contributed by atoms with Gasteiger partial charge in [0.05, 0.1) is 24.3 Å². The quantitative estimate of drug-likeness (QED) is 0.835. The maximum absolute atomic E-state index is 9.32. The monoisotopic (exact) mass is 246 g/mol. The second kappa shape index (κ2) is 4.44. The normalized spacial score (nSPS) is 13.4. The molecule has 94 valence electrons. The predicted molar refractivity (Wildman–Crippen MR) is 63.8 cm³/mol. The zero-order valence-corrected chi connectivity index (χ0v) is 10.1. The highest BCUT2D eigenvalue weighted by Crippen LogP contribution is 2.27. The Bertz CT molecular complexity index is 578. The van der Waals surface area contributed by atoms with Crippen LogP contribution in [-0.2, 0) is 24.6 Å². The van der Waals surface area contributed by atoms with Crippen molar-refractivity contribution in [3.63, 3.8) is 0 Å². The maximum atomic E-state index is 9.32. The van der Waals surface area contributed by atoms with E-state index in [9.17, 15) is 5.11 Å². The standard InChI is InChI=1S/C13H14N2O3/c1-9-12(6-16)15(8-14-9)5-10-2-3-11-7-17-18-13(11)4-10/h2-4,8,16H,5-7H2,1H3. The van der Waals surface area contributed by atoms with Gasteiger partial charge in [0.25, 0.3) is 0 Å². The number of aliphatic hydroxyl groups is 1. The predicted octanol–water partition coefficient (Wildman–Crippen LogP) is 1.56. The molecule has 0 atom stereocenters. The Morgan fingerprint density at radius 1 is 1.44 bits per heavy atom. The average molecular weight is 246 g/mol. The summed E-state index contributed by atoms with van der Waals surface area (Å²) in [5, 5.41) is 9.32. The first-order valence-corrected chi connectivity index (χ1v) is 5.80. The molecule has 0 bridgehead atoms. The van der Waals surface area contributed by atoms with E-state index >= 15 is 0 Å². The van der Waals surface area contributed by atoms with Crippen LogP contribution in [0.2, 0.25) is 0 Å². The van der Waals surface area contributed by atoms with Crippen LogP contribution < -0.4 is 4.89 Å². The highest BCUT2D eigenvalue weighted by molar-refractivity contribution is 5.38. The number of aliphatic hydroxyl groups excluding tert-OH is 1. The van der Waals surface area contributed by atoms with E-state index < -0.39 is 0 Å². The van der Waals surface area contributed by atoms with Crippen LogP contribution >= 0.6 is 0 Å². The number of rotatable bonds is 3. The van der Waals surface area contributed by atoms with Gasteiger partial charge in [-0.2, -0.15) is 4.89 Å². The molecule has 2 heterocycles. The lowest BCUT2D eigenvalue weighted by atomic mass is 10.1. The molecule has 0 saturated carbocycles. The summed E-state index contributed by atoms with van der Waals surface area (Å²) in [6.07, 6.45) is 1.74. The van der Waals surface area contributed by atoms with Crippen molar-refractivity contribution in [2.45, 2.75) is 26.7 Å². The summed E-state index contributed by atoms with van der Waals surface area (Å²) in [4.78, 5) is 14.2. The number of fused-ring (bicyclic) bond motifs is 1. The highest BCUT2D eigenvalue weighted by Gasteiger charge is 2.14. The molecule has 5 nitrogen and oxygen atoms in total. The van der Waals surface area contributed by atoms with Crippen molar-refractivity contribution in [1.29, 1.82) is 0 Å². The van der Waals surface area contributed by atoms with E-state index in [4.69, 9.17) is 9.78 Å². The van der Waals surface area contributed by atoms with Crippen molar-refractivity contribution >= 4 is 0 Å². The molecule has 3 rings (SSSR count). The lowest BCUT2D eigenvalue weighted by molar-refractivity contribution is -0.194. The lowest BCUT2D eigenvalue weighted by Crippen LogP contribution is -2.04. The van der Waals surface area contributed by atoms with Crippen molar-refractivity contribution in [1.82, 2.24) is 9.55 Å². The van der Waals surface area contributed by atoms with Crippen molar-refractivity contribution in [3.8, 4) is 5.75 Å². The van der Waals surface area contributed by atoms with Crippen LogP contribution in [0, 0.1) is 6.92 Å². The number of hydrogen-bond donors (Lipinski definition) is 1. The number of aryl methyl sites for hydroxylation is 1. The minimum absolute atomic E-state index is 0.00359. The fourth-order valence-corrected chi connectivity index (χ4v) is 2.10. The Labute approximate surface area is 105 Å². The van der Waals surface area contributed by atoms with Crippen LogP contribution in [-0.4, -0.2) is 14.7 Å². The van der Waals surface area contributed by atoms with Crippen molar-refractivity contribution in [2.24, 2.45) is 0 Å². The summed E-state index contributed by atoms with van der Waals surface area (Å²) < 4.78 is 1.94. The largest absolute Gasteiger partial charge is 0.390 e. The SMILES string of the molecule is Cc1ncn(Cc2ccc3c(c2)OOC3)c1CO. The number of hydrogen-bond acceptors (Lipinski definition) is 4. The molecular formula is C13H14N2O3. The van der Waals surface area contributed by atoms with Gasteiger partial charge in [-0.15, -0.1) is 0 Å². The molecule has 1 N–H and O–H groups in total. The van der Waals surface area contributed by atoms with Gasteiger partial charge in [-0.3, -0.25) is 0 Å². The minimum atomic E-state index is -0.00359. The average Bonchev–Trinajstić information content (AvgIpc) is 2.96. The Hall–Kier alpha value is -1.85. The number of benzene rings is 1. The van der Waals surface area contributed by atoms with Gasteiger partial charge in [0, 0.05) is 12.1 Å². The minimum Gasteiger partial charge on any atom is -0.390 e. The van der Waals surface area contributed by atoms with Gasteiger partial charge in [0.1, 0.15) is 6.61 Å². The molecule has 1 aliphatic rings. The lowest BCUT2D eigenvalue weighted by Gasteiger charge is -2.07. The Morgan fingerprint density at radius 3 is 3.17 bits per heavy atom. The first-order valence-electron chi connectivity index (χ1n) is 5.80. The zero-order valence-electron chi connectivity index (χ0n) is 10.1. The molecule has 1 aromatic carbocycles. The van der Waals surface area contributed by atoms with Crippen LogP contribution in [0.15, 0.2) is 24.5 Å². The number of nitrogens with zero attached hydrogens (tertiary/aromatic N) is 2. The van der Waals surface area contributed by atoms with Crippen molar-refractivity contribution in [2.75, 3.05) is 0 Å². The molecule has 0 spiro atoms. The zero-order chi connectivity index (χ0) is 12.5. The molecule has 0 unspecified atom stereocenters. The third-order valence-corrected chi connectivity index (χ3v) is 3.15. The maximum Gasteiger partial charge on any atom is 0.171 e. The molecule has 1 aliphatic heterocycles. The molecule has 18 heavy (non-hydrogen) atoms. The van der Waals surface area contributed by atoms with Gasteiger partial charge < -0.3 is 14.6 Å². The van der Waals surface area contributed by atoms with Gasteiger partial charge in [-0.05, 0) is 18.6 Å². The molecule has 1 aromatic heterocycles. The van der Waals surface area contributed by atoms with Crippen molar-refractivity contribution < 1.29 is 14.9 Å². The van der Waals surface area contributed by atoms with E-state index in [1.165, 1.54) is 0 Å². The van der Waals surface area contributed by atoms with Crippen LogP contribution in [0.4, 0.5) is 0 Å². The molecule has 5 heteroatoms. The van der Waals surface area contributed by atoms with Crippen LogP contribution in [0.3, 0.4) is 0 Å².